The average molecular weight is 373 g/mol. The molecule has 0 radical (unpaired) electrons. The largest absolute Gasteiger partial charge is 0.326 e. The third-order valence-corrected chi connectivity index (χ3v) is 4.89. The molecule has 0 saturated carbocycles. The van der Waals surface area contributed by atoms with Crippen molar-refractivity contribution in [3.8, 4) is 0 Å². The number of hydrogen-bond donors (Lipinski definition) is 2. The Bertz CT molecular complexity index is 648. The molecule has 5 nitrogen and oxygen atoms in total. The molecule has 2 N–H and O–H groups in total. The molecule has 0 atom stereocenters. The van der Waals surface area contributed by atoms with Crippen molar-refractivity contribution >= 4 is 47.1 Å². The van der Waals surface area contributed by atoms with Gasteiger partial charge in [-0.25, -0.2) is 0 Å². The number of benzene rings is 1. The minimum atomic E-state index is 0. The molecule has 1 aromatic heterocycles. The van der Waals surface area contributed by atoms with Gasteiger partial charge in [0, 0.05) is 17.0 Å². The molecule has 0 saturated heterocycles. The maximum Gasteiger partial charge on any atom is 0.224 e. The van der Waals surface area contributed by atoms with E-state index in [1.165, 1.54) is 0 Å². The van der Waals surface area contributed by atoms with E-state index in [1.807, 2.05) is 33.0 Å². The average Bonchev–Trinajstić information content (AvgIpc) is 2.87. The van der Waals surface area contributed by atoms with Crippen molar-refractivity contribution in [2.45, 2.75) is 35.9 Å². The van der Waals surface area contributed by atoms with Crippen LogP contribution in [0.4, 0.5) is 5.69 Å². The second kappa shape index (κ2) is 9.87. The lowest BCUT2D eigenvalue weighted by molar-refractivity contribution is -0.116. The number of aromatic nitrogens is 2. The molecule has 2 rings (SSSR count). The fourth-order valence-electron chi connectivity index (χ4n) is 1.90. The Balaban J connectivity index is 0.00000264. The van der Waals surface area contributed by atoms with Crippen molar-refractivity contribution in [1.29, 1.82) is 0 Å². The highest BCUT2D eigenvalue weighted by Crippen LogP contribution is 2.32. The summed E-state index contributed by atoms with van der Waals surface area (Å²) in [6, 6.07) is 6.00. The Kier molecular flexibility index (Phi) is 8.54. The Morgan fingerprint density at radius 3 is 2.70 bits per heavy atom. The van der Waals surface area contributed by atoms with Crippen molar-refractivity contribution in [1.82, 2.24) is 15.5 Å². The minimum absolute atomic E-state index is 0. The number of aryl methyl sites for hydroxylation is 2. The van der Waals surface area contributed by atoms with Gasteiger partial charge in [0.2, 0.25) is 5.91 Å². The molecule has 2 aromatic rings. The molecule has 1 heterocycles. The number of halogens is 1. The molecule has 0 aliphatic rings. The van der Waals surface area contributed by atoms with Crippen LogP contribution in [-0.4, -0.2) is 29.7 Å². The van der Waals surface area contributed by atoms with E-state index in [0.29, 0.717) is 6.42 Å². The Labute approximate surface area is 151 Å². The summed E-state index contributed by atoms with van der Waals surface area (Å²) >= 11 is 3.17. The summed E-state index contributed by atoms with van der Waals surface area (Å²) in [5, 5.41) is 15.1. The van der Waals surface area contributed by atoms with Crippen molar-refractivity contribution in [3.05, 3.63) is 28.8 Å². The first-order valence-electron chi connectivity index (χ1n) is 7.11. The van der Waals surface area contributed by atoms with Gasteiger partial charge in [0.1, 0.15) is 5.01 Å². The third kappa shape index (κ3) is 6.47. The fourth-order valence-corrected chi connectivity index (χ4v) is 3.79. The summed E-state index contributed by atoms with van der Waals surface area (Å²) in [4.78, 5) is 13.0. The van der Waals surface area contributed by atoms with Crippen LogP contribution in [0.1, 0.15) is 23.4 Å². The van der Waals surface area contributed by atoms with Crippen molar-refractivity contribution < 1.29 is 4.79 Å². The molecule has 0 spiro atoms. The highest BCUT2D eigenvalue weighted by atomic mass is 35.5. The predicted octanol–water partition coefficient (Wildman–Crippen LogP) is 3.67. The normalized spacial score (nSPS) is 10.2. The number of carbonyl (C=O) groups excluding carboxylic acids is 1. The highest BCUT2D eigenvalue weighted by molar-refractivity contribution is 8.01. The van der Waals surface area contributed by atoms with Gasteiger partial charge >= 0.3 is 0 Å². The summed E-state index contributed by atoms with van der Waals surface area (Å²) in [7, 11) is 1.89. The second-order valence-corrected chi connectivity index (χ2v) is 7.42. The Hall–Kier alpha value is -1.15. The van der Waals surface area contributed by atoms with Gasteiger partial charge in [-0.15, -0.1) is 22.6 Å². The molecule has 0 bridgehead atoms. The monoisotopic (exact) mass is 372 g/mol. The smallest absolute Gasteiger partial charge is 0.224 e. The maximum atomic E-state index is 11.9. The summed E-state index contributed by atoms with van der Waals surface area (Å²) < 4.78 is 0.931. The van der Waals surface area contributed by atoms with Crippen LogP contribution in [0.3, 0.4) is 0 Å². The van der Waals surface area contributed by atoms with Crippen molar-refractivity contribution in [3.63, 3.8) is 0 Å². The van der Waals surface area contributed by atoms with Gasteiger partial charge in [-0.3, -0.25) is 4.79 Å². The number of amides is 1. The number of rotatable bonds is 7. The molecule has 0 fully saturated rings. The van der Waals surface area contributed by atoms with E-state index in [1.54, 1.807) is 23.1 Å². The standard InChI is InChI=1S/C15H20N4OS2.ClH/c1-10-9-12(22-15-19-18-11(2)21-15)6-7-13(10)17-14(20)5-4-8-16-3;/h6-7,9,16H,4-5,8H2,1-3H3,(H,17,20);1H. The van der Waals surface area contributed by atoms with Crippen LogP contribution in [0.5, 0.6) is 0 Å². The van der Waals surface area contributed by atoms with Gasteiger partial charge in [0.15, 0.2) is 4.34 Å². The SMILES string of the molecule is CNCCCC(=O)Nc1ccc(Sc2nnc(C)s2)cc1C.Cl. The second-order valence-electron chi connectivity index (χ2n) is 4.92. The van der Waals surface area contributed by atoms with Crippen LogP contribution < -0.4 is 10.6 Å². The molecule has 0 unspecified atom stereocenters. The van der Waals surface area contributed by atoms with Crippen molar-refractivity contribution in [2.75, 3.05) is 18.9 Å². The Morgan fingerprint density at radius 2 is 2.09 bits per heavy atom. The van der Waals surface area contributed by atoms with Crippen LogP contribution in [-0.2, 0) is 4.79 Å². The van der Waals surface area contributed by atoms with Crippen LogP contribution in [0.2, 0.25) is 0 Å². The summed E-state index contributed by atoms with van der Waals surface area (Å²) in [6.45, 7) is 4.79. The number of hydrogen-bond acceptors (Lipinski definition) is 6. The van der Waals surface area contributed by atoms with Gasteiger partial charge in [-0.2, -0.15) is 0 Å². The van der Waals surface area contributed by atoms with E-state index in [-0.39, 0.29) is 18.3 Å². The van der Waals surface area contributed by atoms with E-state index >= 15 is 0 Å². The van der Waals surface area contributed by atoms with Gasteiger partial charge in [0.05, 0.1) is 0 Å². The first-order valence-corrected chi connectivity index (χ1v) is 8.75. The number of anilines is 1. The van der Waals surface area contributed by atoms with E-state index < -0.39 is 0 Å². The van der Waals surface area contributed by atoms with E-state index in [4.69, 9.17) is 0 Å². The Morgan fingerprint density at radius 1 is 1.30 bits per heavy atom. The molecular formula is C15H21ClN4OS2. The summed E-state index contributed by atoms with van der Waals surface area (Å²) in [6.07, 6.45) is 1.37. The first-order chi connectivity index (χ1) is 10.6. The first kappa shape index (κ1) is 19.9. The maximum absolute atomic E-state index is 11.9. The van der Waals surface area contributed by atoms with E-state index in [0.717, 1.165) is 38.5 Å². The zero-order valence-corrected chi connectivity index (χ0v) is 15.8. The lowest BCUT2D eigenvalue weighted by atomic mass is 10.2. The molecule has 23 heavy (non-hydrogen) atoms. The third-order valence-electron chi connectivity index (χ3n) is 3.02. The summed E-state index contributed by atoms with van der Waals surface area (Å²) in [5.41, 5.74) is 1.92. The number of nitrogens with one attached hydrogen (secondary N) is 2. The lowest BCUT2D eigenvalue weighted by Crippen LogP contribution is -2.15. The van der Waals surface area contributed by atoms with Crippen LogP contribution >= 0.6 is 35.5 Å². The van der Waals surface area contributed by atoms with Gasteiger partial charge < -0.3 is 10.6 Å². The van der Waals surface area contributed by atoms with Gasteiger partial charge in [-0.1, -0.05) is 23.1 Å². The molecular weight excluding hydrogens is 352 g/mol. The van der Waals surface area contributed by atoms with Crippen LogP contribution in [0.25, 0.3) is 0 Å². The number of nitrogens with zero attached hydrogens (tertiary/aromatic N) is 2. The molecule has 1 amide bonds. The molecule has 1 aromatic carbocycles. The lowest BCUT2D eigenvalue weighted by Gasteiger charge is -2.09. The van der Waals surface area contributed by atoms with Gasteiger partial charge in [-0.05, 0) is 57.6 Å². The molecule has 0 aliphatic heterocycles. The topological polar surface area (TPSA) is 66.9 Å². The minimum Gasteiger partial charge on any atom is -0.326 e. The van der Waals surface area contributed by atoms with E-state index in [2.05, 4.69) is 26.9 Å². The highest BCUT2D eigenvalue weighted by Gasteiger charge is 2.08. The van der Waals surface area contributed by atoms with Crippen LogP contribution in [0, 0.1) is 13.8 Å². The van der Waals surface area contributed by atoms with Crippen molar-refractivity contribution in [2.24, 2.45) is 0 Å². The predicted molar refractivity (Wildman–Crippen MR) is 99.0 cm³/mol. The quantitative estimate of drug-likeness (QED) is 0.726. The van der Waals surface area contributed by atoms with Gasteiger partial charge in [0.25, 0.3) is 0 Å². The van der Waals surface area contributed by atoms with Crippen LogP contribution in [0.15, 0.2) is 27.4 Å². The molecule has 0 aliphatic carbocycles. The van der Waals surface area contributed by atoms with E-state index in [9.17, 15) is 4.79 Å². The molecule has 126 valence electrons. The summed E-state index contributed by atoms with van der Waals surface area (Å²) in [5.74, 6) is 0.0542. The zero-order chi connectivity index (χ0) is 15.9. The number of carbonyl (C=O) groups is 1. The molecule has 8 heteroatoms. The zero-order valence-electron chi connectivity index (χ0n) is 13.4. The fraction of sp³-hybridized carbons (Fsp3) is 0.400.